The lowest BCUT2D eigenvalue weighted by Gasteiger charge is -2.15. The fraction of sp³-hybridized carbons (Fsp3) is 0.0645. The average Bonchev–Trinajstić information content (AvgIpc) is 3.71. The van der Waals surface area contributed by atoms with Crippen LogP contribution in [0.4, 0.5) is 0 Å². The number of rotatable bonds is 4. The summed E-state index contributed by atoms with van der Waals surface area (Å²) in [5, 5.41) is 23.3. The minimum Gasteiger partial charge on any atom is -0.328 e. The molecule has 0 bridgehead atoms. The molecule has 7 rings (SSSR count). The standard InChI is InChI=1S/C31H19N3S2/c1-2-14-33-24-9-5-3-7-22(24)28-27(21-12-17-36-19-21)31-29(26(30(28)33)20-11-16-35-18-20)23-8-4-6-10-25(23)34(31)15-13-32/h1,3-12,16-19H,14-15H2. The highest BCUT2D eigenvalue weighted by atomic mass is 32.1. The van der Waals surface area contributed by atoms with Gasteiger partial charge in [-0.25, -0.2) is 0 Å². The monoisotopic (exact) mass is 497 g/mol. The first kappa shape index (κ1) is 21.0. The van der Waals surface area contributed by atoms with Crippen LogP contribution in [0.5, 0.6) is 0 Å². The van der Waals surface area contributed by atoms with Crippen molar-refractivity contribution in [2.75, 3.05) is 0 Å². The van der Waals surface area contributed by atoms with E-state index in [-0.39, 0.29) is 6.54 Å². The maximum Gasteiger partial charge on any atom is 0.110 e. The van der Waals surface area contributed by atoms with Crippen molar-refractivity contribution >= 4 is 66.3 Å². The van der Waals surface area contributed by atoms with E-state index >= 15 is 0 Å². The number of thiophene rings is 2. The van der Waals surface area contributed by atoms with Crippen LogP contribution in [0.25, 0.3) is 65.9 Å². The molecule has 0 aliphatic heterocycles. The lowest BCUT2D eigenvalue weighted by Crippen LogP contribution is -2.00. The minimum atomic E-state index is 0.277. The van der Waals surface area contributed by atoms with Crippen LogP contribution >= 0.6 is 22.7 Å². The Kier molecular flexibility index (Phi) is 4.75. The first-order valence-corrected chi connectivity index (χ1v) is 13.6. The van der Waals surface area contributed by atoms with Crippen molar-refractivity contribution in [1.29, 1.82) is 5.26 Å². The van der Waals surface area contributed by atoms with Crippen LogP contribution in [-0.2, 0) is 13.1 Å². The second-order valence-electron chi connectivity index (χ2n) is 8.79. The summed E-state index contributed by atoms with van der Waals surface area (Å²) >= 11 is 3.39. The smallest absolute Gasteiger partial charge is 0.110 e. The Morgan fingerprint density at radius 3 is 1.64 bits per heavy atom. The molecule has 0 fully saturated rings. The number of fused-ring (bicyclic) bond motifs is 6. The molecular formula is C31H19N3S2. The second kappa shape index (κ2) is 8.14. The summed E-state index contributed by atoms with van der Waals surface area (Å²) in [7, 11) is 0. The van der Waals surface area contributed by atoms with E-state index in [1.807, 2.05) is 0 Å². The largest absolute Gasteiger partial charge is 0.328 e. The van der Waals surface area contributed by atoms with Gasteiger partial charge in [-0.15, -0.1) is 6.42 Å². The third kappa shape index (κ3) is 2.79. The van der Waals surface area contributed by atoms with Crippen LogP contribution < -0.4 is 0 Å². The van der Waals surface area contributed by atoms with Crippen molar-refractivity contribution in [2.45, 2.75) is 13.1 Å². The molecule has 0 radical (unpaired) electrons. The Hall–Kier alpha value is -4.29. The van der Waals surface area contributed by atoms with Gasteiger partial charge in [-0.1, -0.05) is 42.3 Å². The van der Waals surface area contributed by atoms with Crippen molar-refractivity contribution in [3.05, 3.63) is 82.2 Å². The maximum atomic E-state index is 9.90. The Balaban J connectivity index is 1.91. The zero-order valence-corrected chi connectivity index (χ0v) is 20.9. The molecule has 4 aromatic heterocycles. The molecule has 0 unspecified atom stereocenters. The van der Waals surface area contributed by atoms with Crippen LogP contribution in [0.1, 0.15) is 0 Å². The SMILES string of the molecule is C#CCn1c2ccccc2c2c(-c3ccsc3)c3c(c(-c4ccsc4)c21)c1ccccc1n3CC#N. The summed E-state index contributed by atoms with van der Waals surface area (Å²) in [6.45, 7) is 0.755. The highest BCUT2D eigenvalue weighted by Crippen LogP contribution is 2.50. The van der Waals surface area contributed by atoms with Crippen molar-refractivity contribution < 1.29 is 0 Å². The zero-order valence-electron chi connectivity index (χ0n) is 19.2. The molecule has 3 aromatic carbocycles. The van der Waals surface area contributed by atoms with E-state index in [9.17, 15) is 5.26 Å². The molecule has 0 amide bonds. The number of nitriles is 1. The first-order valence-electron chi connectivity index (χ1n) is 11.7. The molecule has 0 saturated heterocycles. The van der Waals surface area contributed by atoms with Crippen molar-refractivity contribution in [3.8, 4) is 40.7 Å². The Bertz CT molecular complexity index is 1860. The van der Waals surface area contributed by atoms with Gasteiger partial charge in [-0.2, -0.15) is 27.9 Å². The molecule has 7 aromatic rings. The number of hydrogen-bond acceptors (Lipinski definition) is 3. The van der Waals surface area contributed by atoms with Gasteiger partial charge < -0.3 is 9.13 Å². The fourth-order valence-corrected chi connectivity index (χ4v) is 7.03. The summed E-state index contributed by atoms with van der Waals surface area (Å²) in [4.78, 5) is 0. The van der Waals surface area contributed by atoms with Gasteiger partial charge in [0.25, 0.3) is 0 Å². The van der Waals surface area contributed by atoms with Gasteiger partial charge in [-0.3, -0.25) is 0 Å². The molecule has 36 heavy (non-hydrogen) atoms. The van der Waals surface area contributed by atoms with Gasteiger partial charge >= 0.3 is 0 Å². The van der Waals surface area contributed by atoms with Crippen LogP contribution in [0.15, 0.2) is 82.2 Å². The lowest BCUT2D eigenvalue weighted by atomic mass is 9.91. The molecule has 0 saturated carbocycles. The summed E-state index contributed by atoms with van der Waals surface area (Å²) in [6, 6.07) is 23.8. The van der Waals surface area contributed by atoms with Crippen molar-refractivity contribution in [1.82, 2.24) is 9.13 Å². The average molecular weight is 498 g/mol. The zero-order chi connectivity index (χ0) is 24.2. The predicted molar refractivity (Wildman–Crippen MR) is 154 cm³/mol. The summed E-state index contributed by atoms with van der Waals surface area (Å²) in [5.41, 5.74) is 9.14. The predicted octanol–water partition coefficient (Wildman–Crippen LogP) is 8.52. The van der Waals surface area contributed by atoms with Gasteiger partial charge in [0.2, 0.25) is 0 Å². The van der Waals surface area contributed by atoms with E-state index in [0.717, 1.165) is 33.0 Å². The first-order chi connectivity index (χ1) is 17.8. The summed E-state index contributed by atoms with van der Waals surface area (Å²) in [5.74, 6) is 2.91. The number of hydrogen-bond donors (Lipinski definition) is 0. The fourth-order valence-electron chi connectivity index (χ4n) is 5.74. The molecule has 0 aliphatic carbocycles. The summed E-state index contributed by atoms with van der Waals surface area (Å²) < 4.78 is 4.49. The Labute approximate surface area is 216 Å². The topological polar surface area (TPSA) is 33.6 Å². The van der Waals surface area contributed by atoms with E-state index < -0.39 is 0 Å². The van der Waals surface area contributed by atoms with E-state index in [2.05, 4.69) is 103 Å². The van der Waals surface area contributed by atoms with Crippen LogP contribution in [0.2, 0.25) is 0 Å². The maximum absolute atomic E-state index is 9.90. The van der Waals surface area contributed by atoms with Gasteiger partial charge in [0.05, 0.1) is 34.7 Å². The van der Waals surface area contributed by atoms with E-state index in [1.165, 1.54) is 32.8 Å². The number of para-hydroxylation sites is 2. The van der Waals surface area contributed by atoms with Crippen molar-refractivity contribution in [2.24, 2.45) is 0 Å². The Morgan fingerprint density at radius 1 is 0.694 bits per heavy atom. The van der Waals surface area contributed by atoms with Gasteiger partial charge in [0.1, 0.15) is 6.54 Å². The van der Waals surface area contributed by atoms with E-state index in [1.54, 1.807) is 22.7 Å². The third-order valence-corrected chi connectivity index (χ3v) is 8.38. The van der Waals surface area contributed by atoms with Crippen LogP contribution in [-0.4, -0.2) is 9.13 Å². The highest BCUT2D eigenvalue weighted by molar-refractivity contribution is 7.08. The summed E-state index contributed by atoms with van der Waals surface area (Å²) in [6.07, 6.45) is 5.94. The Morgan fingerprint density at radius 2 is 1.19 bits per heavy atom. The molecule has 170 valence electrons. The molecular weight excluding hydrogens is 478 g/mol. The number of terminal acetylenes is 1. The van der Waals surface area contributed by atoms with Crippen LogP contribution in [0, 0.1) is 23.7 Å². The molecule has 4 heterocycles. The van der Waals surface area contributed by atoms with Crippen molar-refractivity contribution in [3.63, 3.8) is 0 Å². The van der Waals surface area contributed by atoms with E-state index in [4.69, 9.17) is 6.42 Å². The van der Waals surface area contributed by atoms with E-state index in [0.29, 0.717) is 6.54 Å². The quantitative estimate of drug-likeness (QED) is 0.224. The normalized spacial score (nSPS) is 11.5. The molecule has 5 heteroatoms. The lowest BCUT2D eigenvalue weighted by molar-refractivity contribution is 0.910. The third-order valence-electron chi connectivity index (χ3n) is 7.01. The number of aromatic nitrogens is 2. The van der Waals surface area contributed by atoms with Gasteiger partial charge in [-0.05, 0) is 56.9 Å². The van der Waals surface area contributed by atoms with Gasteiger partial charge in [0.15, 0.2) is 0 Å². The molecule has 0 atom stereocenters. The molecule has 0 aliphatic rings. The highest BCUT2D eigenvalue weighted by Gasteiger charge is 2.27. The second-order valence-corrected chi connectivity index (χ2v) is 10.4. The molecule has 3 nitrogen and oxygen atoms in total. The van der Waals surface area contributed by atoms with Crippen LogP contribution in [0.3, 0.4) is 0 Å². The van der Waals surface area contributed by atoms with Gasteiger partial charge in [0, 0.05) is 32.7 Å². The number of benzene rings is 3. The number of nitrogens with zero attached hydrogens (tertiary/aromatic N) is 3. The minimum absolute atomic E-state index is 0.277. The molecule has 0 N–H and O–H groups in total. The molecule has 0 spiro atoms.